The van der Waals surface area contributed by atoms with Crippen LogP contribution in [-0.4, -0.2) is 38.0 Å². The number of carbonyl (C=O) groups excluding carboxylic acids is 2. The van der Waals surface area contributed by atoms with Crippen molar-refractivity contribution in [3.63, 3.8) is 0 Å². The average molecular weight is 248 g/mol. The van der Waals surface area contributed by atoms with Crippen LogP contribution in [0.3, 0.4) is 0 Å². The SMILES string of the molecule is COC(=O)NCCCONC(=O)OC(C)(C)C. The first kappa shape index (κ1) is 15.5. The predicted octanol–water partition coefficient (Wildman–Crippen LogP) is 1.19. The highest BCUT2D eigenvalue weighted by Crippen LogP contribution is 2.06. The molecule has 0 fully saturated rings. The number of carbonyl (C=O) groups is 2. The van der Waals surface area contributed by atoms with Crippen LogP contribution in [0.25, 0.3) is 0 Å². The molecule has 0 aromatic heterocycles. The maximum atomic E-state index is 11.1. The third kappa shape index (κ3) is 10.8. The molecule has 0 aliphatic heterocycles. The van der Waals surface area contributed by atoms with Gasteiger partial charge in [0, 0.05) is 6.54 Å². The smallest absolute Gasteiger partial charge is 0.431 e. The molecule has 0 saturated heterocycles. The Morgan fingerprint density at radius 3 is 2.35 bits per heavy atom. The van der Waals surface area contributed by atoms with Gasteiger partial charge in [-0.3, -0.25) is 4.84 Å². The molecular formula is C10H20N2O5. The molecular weight excluding hydrogens is 228 g/mol. The molecule has 0 saturated carbocycles. The molecule has 0 aliphatic rings. The van der Waals surface area contributed by atoms with E-state index >= 15 is 0 Å². The Morgan fingerprint density at radius 1 is 1.18 bits per heavy atom. The fourth-order valence-electron chi connectivity index (χ4n) is 0.816. The zero-order valence-corrected chi connectivity index (χ0v) is 10.7. The molecule has 17 heavy (non-hydrogen) atoms. The van der Waals surface area contributed by atoms with Gasteiger partial charge in [-0.25, -0.2) is 9.59 Å². The van der Waals surface area contributed by atoms with Crippen molar-refractivity contribution in [2.24, 2.45) is 0 Å². The molecule has 7 heteroatoms. The molecule has 0 spiro atoms. The van der Waals surface area contributed by atoms with Crippen LogP contribution >= 0.6 is 0 Å². The minimum Gasteiger partial charge on any atom is -0.453 e. The number of alkyl carbamates (subject to hydrolysis) is 1. The fourth-order valence-corrected chi connectivity index (χ4v) is 0.816. The average Bonchev–Trinajstić information content (AvgIpc) is 2.20. The van der Waals surface area contributed by atoms with Crippen molar-refractivity contribution in [2.45, 2.75) is 32.8 Å². The lowest BCUT2D eigenvalue weighted by Crippen LogP contribution is -2.33. The number of ether oxygens (including phenoxy) is 2. The maximum absolute atomic E-state index is 11.1. The van der Waals surface area contributed by atoms with Gasteiger partial charge in [0.15, 0.2) is 0 Å². The van der Waals surface area contributed by atoms with Gasteiger partial charge < -0.3 is 14.8 Å². The van der Waals surface area contributed by atoms with E-state index < -0.39 is 17.8 Å². The van der Waals surface area contributed by atoms with Gasteiger partial charge in [-0.1, -0.05) is 0 Å². The van der Waals surface area contributed by atoms with E-state index in [0.717, 1.165) is 0 Å². The molecule has 0 unspecified atom stereocenters. The predicted molar refractivity (Wildman–Crippen MR) is 60.3 cm³/mol. The second-order valence-corrected chi connectivity index (χ2v) is 4.22. The minimum absolute atomic E-state index is 0.267. The fraction of sp³-hybridized carbons (Fsp3) is 0.800. The van der Waals surface area contributed by atoms with Gasteiger partial charge in [-0.15, -0.1) is 0 Å². The van der Waals surface area contributed by atoms with Crippen molar-refractivity contribution in [1.29, 1.82) is 0 Å². The summed E-state index contributed by atoms with van der Waals surface area (Å²) in [7, 11) is 1.29. The first-order chi connectivity index (χ1) is 7.85. The van der Waals surface area contributed by atoms with Gasteiger partial charge in [-0.05, 0) is 27.2 Å². The van der Waals surface area contributed by atoms with Crippen molar-refractivity contribution in [1.82, 2.24) is 10.8 Å². The number of rotatable bonds is 5. The Hall–Kier alpha value is -1.50. The van der Waals surface area contributed by atoms with E-state index in [-0.39, 0.29) is 6.61 Å². The second kappa shape index (κ2) is 7.72. The van der Waals surface area contributed by atoms with Crippen molar-refractivity contribution >= 4 is 12.2 Å². The third-order valence-electron chi connectivity index (χ3n) is 1.43. The van der Waals surface area contributed by atoms with Crippen molar-refractivity contribution in [2.75, 3.05) is 20.3 Å². The summed E-state index contributed by atoms with van der Waals surface area (Å²) in [5, 5.41) is 2.47. The van der Waals surface area contributed by atoms with Crippen LogP contribution in [0.2, 0.25) is 0 Å². The van der Waals surface area contributed by atoms with Crippen molar-refractivity contribution in [3.05, 3.63) is 0 Å². The number of hydroxylamine groups is 1. The number of amides is 2. The topological polar surface area (TPSA) is 85.9 Å². The maximum Gasteiger partial charge on any atom is 0.431 e. The highest BCUT2D eigenvalue weighted by atomic mass is 16.7. The lowest BCUT2D eigenvalue weighted by Gasteiger charge is -2.19. The Kier molecular flexibility index (Phi) is 7.04. The lowest BCUT2D eigenvalue weighted by molar-refractivity contribution is -0.00816. The summed E-state index contributed by atoms with van der Waals surface area (Å²) in [6, 6.07) is 0. The van der Waals surface area contributed by atoms with Crippen LogP contribution in [0.15, 0.2) is 0 Å². The van der Waals surface area contributed by atoms with E-state index in [0.29, 0.717) is 13.0 Å². The van der Waals surface area contributed by atoms with E-state index in [2.05, 4.69) is 15.5 Å². The number of hydrogen-bond acceptors (Lipinski definition) is 5. The molecule has 0 aromatic rings. The van der Waals surface area contributed by atoms with Gasteiger partial charge in [-0.2, -0.15) is 5.48 Å². The van der Waals surface area contributed by atoms with Crippen LogP contribution in [0.4, 0.5) is 9.59 Å². The minimum atomic E-state index is -0.640. The van der Waals surface area contributed by atoms with Gasteiger partial charge >= 0.3 is 12.2 Å². The molecule has 0 radical (unpaired) electrons. The molecule has 2 amide bonds. The highest BCUT2D eigenvalue weighted by molar-refractivity contribution is 5.66. The normalized spacial score (nSPS) is 10.6. The Bertz CT molecular complexity index is 250. The van der Waals surface area contributed by atoms with E-state index in [9.17, 15) is 9.59 Å². The Morgan fingerprint density at radius 2 is 1.82 bits per heavy atom. The van der Waals surface area contributed by atoms with Gasteiger partial charge in [0.2, 0.25) is 0 Å². The summed E-state index contributed by atoms with van der Waals surface area (Å²) >= 11 is 0. The zero-order valence-electron chi connectivity index (χ0n) is 10.7. The summed E-state index contributed by atoms with van der Waals surface area (Å²) in [4.78, 5) is 26.6. The van der Waals surface area contributed by atoms with Crippen LogP contribution in [0, 0.1) is 0 Å². The Balaban J connectivity index is 3.40. The van der Waals surface area contributed by atoms with Gasteiger partial charge in [0.1, 0.15) is 5.60 Å². The van der Waals surface area contributed by atoms with E-state index in [1.807, 2.05) is 0 Å². The van der Waals surface area contributed by atoms with Crippen molar-refractivity contribution < 1.29 is 23.9 Å². The molecule has 0 heterocycles. The third-order valence-corrected chi connectivity index (χ3v) is 1.43. The number of nitrogens with one attached hydrogen (secondary N) is 2. The monoisotopic (exact) mass is 248 g/mol. The summed E-state index contributed by atoms with van der Waals surface area (Å²) in [5.74, 6) is 0. The molecule has 0 bridgehead atoms. The second-order valence-electron chi connectivity index (χ2n) is 4.22. The molecule has 0 rings (SSSR count). The molecule has 2 N–H and O–H groups in total. The molecule has 0 aromatic carbocycles. The number of hydrogen-bond donors (Lipinski definition) is 2. The summed E-state index contributed by atoms with van der Waals surface area (Å²) in [6.07, 6.45) is -0.589. The summed E-state index contributed by atoms with van der Waals surface area (Å²) < 4.78 is 9.30. The lowest BCUT2D eigenvalue weighted by atomic mass is 10.2. The first-order valence-electron chi connectivity index (χ1n) is 5.28. The molecule has 0 aliphatic carbocycles. The van der Waals surface area contributed by atoms with E-state index in [1.54, 1.807) is 20.8 Å². The standard InChI is InChI=1S/C10H20N2O5/c1-10(2,3)17-9(14)12-16-7-5-6-11-8(13)15-4/h5-7H2,1-4H3,(H,11,13)(H,12,14). The van der Waals surface area contributed by atoms with Crippen LogP contribution in [0.1, 0.15) is 27.2 Å². The van der Waals surface area contributed by atoms with Crippen molar-refractivity contribution in [3.8, 4) is 0 Å². The Labute approximate surface area is 101 Å². The highest BCUT2D eigenvalue weighted by Gasteiger charge is 2.15. The van der Waals surface area contributed by atoms with Crippen LogP contribution in [0.5, 0.6) is 0 Å². The van der Waals surface area contributed by atoms with Crippen LogP contribution in [-0.2, 0) is 14.3 Å². The van der Waals surface area contributed by atoms with Crippen LogP contribution < -0.4 is 10.8 Å². The van der Waals surface area contributed by atoms with Gasteiger partial charge in [0.25, 0.3) is 0 Å². The van der Waals surface area contributed by atoms with Gasteiger partial charge in [0.05, 0.1) is 13.7 Å². The quantitative estimate of drug-likeness (QED) is 0.563. The number of methoxy groups -OCH3 is 1. The summed E-state index contributed by atoms with van der Waals surface area (Å²) in [5.41, 5.74) is 1.58. The molecule has 100 valence electrons. The first-order valence-corrected chi connectivity index (χ1v) is 5.28. The van der Waals surface area contributed by atoms with E-state index in [1.165, 1.54) is 7.11 Å². The largest absolute Gasteiger partial charge is 0.453 e. The molecule has 7 nitrogen and oxygen atoms in total. The van der Waals surface area contributed by atoms with E-state index in [4.69, 9.17) is 9.57 Å². The molecule has 0 atom stereocenters. The zero-order chi connectivity index (χ0) is 13.3. The summed E-state index contributed by atoms with van der Waals surface area (Å²) in [6.45, 7) is 5.94.